The molecule has 0 aliphatic carbocycles. The molecular weight excluding hydrogens is 267 g/mol. The Balaban J connectivity index is 2.06. The van der Waals surface area contributed by atoms with Crippen LogP contribution in [0.4, 0.5) is 15.9 Å². The SMILES string of the molecule is CC(C)c1nc2ccccn2c1N=Nc1ccc(F)cc1. The first-order chi connectivity index (χ1) is 10.1. The number of azo groups is 1. The fourth-order valence-electron chi connectivity index (χ4n) is 2.10. The van der Waals surface area contributed by atoms with Crippen LogP contribution in [0.5, 0.6) is 0 Å². The Morgan fingerprint density at radius 2 is 1.81 bits per heavy atom. The van der Waals surface area contributed by atoms with Gasteiger partial charge in [0.1, 0.15) is 11.5 Å². The molecule has 0 radical (unpaired) electrons. The van der Waals surface area contributed by atoms with Crippen LogP contribution in [0.25, 0.3) is 5.65 Å². The molecule has 2 heterocycles. The summed E-state index contributed by atoms with van der Waals surface area (Å²) in [5.41, 5.74) is 2.35. The summed E-state index contributed by atoms with van der Waals surface area (Å²) in [5.74, 6) is 0.670. The number of imidazole rings is 1. The molecule has 0 fully saturated rings. The summed E-state index contributed by atoms with van der Waals surface area (Å²) in [6.07, 6.45) is 1.91. The minimum atomic E-state index is -0.286. The summed E-state index contributed by atoms with van der Waals surface area (Å²) >= 11 is 0. The van der Waals surface area contributed by atoms with E-state index in [1.807, 2.05) is 28.8 Å². The molecule has 0 saturated carbocycles. The van der Waals surface area contributed by atoms with Gasteiger partial charge in [-0.1, -0.05) is 19.9 Å². The van der Waals surface area contributed by atoms with Gasteiger partial charge in [0.25, 0.3) is 0 Å². The highest BCUT2D eigenvalue weighted by molar-refractivity contribution is 5.53. The molecule has 0 N–H and O–H groups in total. The van der Waals surface area contributed by atoms with Gasteiger partial charge in [-0.15, -0.1) is 10.2 Å². The second-order valence-electron chi connectivity index (χ2n) is 5.08. The van der Waals surface area contributed by atoms with Crippen molar-refractivity contribution >= 4 is 17.2 Å². The first kappa shape index (κ1) is 13.4. The molecule has 3 aromatic rings. The number of nitrogens with zero attached hydrogens (tertiary/aromatic N) is 4. The van der Waals surface area contributed by atoms with E-state index in [0.29, 0.717) is 11.5 Å². The number of halogens is 1. The first-order valence-electron chi connectivity index (χ1n) is 6.79. The molecule has 0 saturated heterocycles. The number of fused-ring (bicyclic) bond motifs is 1. The molecule has 0 atom stereocenters. The molecule has 0 unspecified atom stereocenters. The Labute approximate surface area is 122 Å². The summed E-state index contributed by atoms with van der Waals surface area (Å²) in [5, 5.41) is 8.50. The lowest BCUT2D eigenvalue weighted by molar-refractivity contribution is 0.628. The quantitative estimate of drug-likeness (QED) is 0.622. The van der Waals surface area contributed by atoms with Crippen molar-refractivity contribution in [1.82, 2.24) is 9.38 Å². The highest BCUT2D eigenvalue weighted by atomic mass is 19.1. The predicted molar refractivity (Wildman–Crippen MR) is 79.9 cm³/mol. The van der Waals surface area contributed by atoms with Gasteiger partial charge in [-0.25, -0.2) is 9.37 Å². The van der Waals surface area contributed by atoms with Crippen molar-refractivity contribution in [2.45, 2.75) is 19.8 Å². The Bertz CT molecular complexity index is 788. The lowest BCUT2D eigenvalue weighted by atomic mass is 10.1. The van der Waals surface area contributed by atoms with E-state index in [1.165, 1.54) is 12.1 Å². The molecule has 0 bridgehead atoms. The van der Waals surface area contributed by atoms with Crippen molar-refractivity contribution in [2.75, 3.05) is 0 Å². The third kappa shape index (κ3) is 2.67. The molecule has 106 valence electrons. The van der Waals surface area contributed by atoms with Crippen LogP contribution in [0.15, 0.2) is 58.9 Å². The molecular formula is C16H15FN4. The van der Waals surface area contributed by atoms with E-state index >= 15 is 0 Å². The van der Waals surface area contributed by atoms with E-state index in [-0.39, 0.29) is 11.7 Å². The minimum Gasteiger partial charge on any atom is -0.283 e. The van der Waals surface area contributed by atoms with Gasteiger partial charge < -0.3 is 0 Å². The maximum absolute atomic E-state index is 12.9. The van der Waals surface area contributed by atoms with Crippen molar-refractivity contribution in [2.24, 2.45) is 10.2 Å². The van der Waals surface area contributed by atoms with E-state index in [0.717, 1.165) is 11.3 Å². The Hall–Kier alpha value is -2.56. The highest BCUT2D eigenvalue weighted by Crippen LogP contribution is 2.29. The third-order valence-electron chi connectivity index (χ3n) is 3.16. The number of hydrogen-bond acceptors (Lipinski definition) is 3. The molecule has 5 heteroatoms. The third-order valence-corrected chi connectivity index (χ3v) is 3.16. The van der Waals surface area contributed by atoms with Crippen molar-refractivity contribution in [3.63, 3.8) is 0 Å². The minimum absolute atomic E-state index is 0.243. The topological polar surface area (TPSA) is 42.0 Å². The van der Waals surface area contributed by atoms with Crippen LogP contribution < -0.4 is 0 Å². The average Bonchev–Trinajstić information content (AvgIpc) is 2.86. The fourth-order valence-corrected chi connectivity index (χ4v) is 2.10. The number of benzene rings is 1. The maximum Gasteiger partial charge on any atom is 0.183 e. The number of rotatable bonds is 3. The van der Waals surface area contributed by atoms with Gasteiger partial charge in [-0.05, 0) is 42.3 Å². The average molecular weight is 282 g/mol. The summed E-state index contributed by atoms with van der Waals surface area (Å²) in [6, 6.07) is 11.7. The molecule has 4 nitrogen and oxygen atoms in total. The van der Waals surface area contributed by atoms with Gasteiger partial charge in [0.2, 0.25) is 0 Å². The molecule has 0 amide bonds. The molecule has 21 heavy (non-hydrogen) atoms. The van der Waals surface area contributed by atoms with Gasteiger partial charge in [0, 0.05) is 6.20 Å². The lowest BCUT2D eigenvalue weighted by Crippen LogP contribution is -1.87. The van der Waals surface area contributed by atoms with Crippen LogP contribution in [0.1, 0.15) is 25.5 Å². The smallest absolute Gasteiger partial charge is 0.183 e. The summed E-state index contributed by atoms with van der Waals surface area (Å²) < 4.78 is 14.8. The van der Waals surface area contributed by atoms with E-state index in [9.17, 15) is 4.39 Å². The standard InChI is InChI=1S/C16H15FN4/c1-11(2)15-16(21-10-4-3-5-14(21)18-15)20-19-13-8-6-12(17)7-9-13/h3-11H,1-2H3. The highest BCUT2D eigenvalue weighted by Gasteiger charge is 2.14. The monoisotopic (exact) mass is 282 g/mol. The molecule has 1 aromatic carbocycles. The van der Waals surface area contributed by atoms with E-state index in [2.05, 4.69) is 29.1 Å². The van der Waals surface area contributed by atoms with Gasteiger partial charge in [-0.2, -0.15) is 0 Å². The number of pyridine rings is 1. The van der Waals surface area contributed by atoms with Crippen LogP contribution in [0.2, 0.25) is 0 Å². The summed E-state index contributed by atoms with van der Waals surface area (Å²) in [6.45, 7) is 4.14. The zero-order chi connectivity index (χ0) is 14.8. The van der Waals surface area contributed by atoms with Crippen molar-refractivity contribution in [3.05, 3.63) is 60.2 Å². The van der Waals surface area contributed by atoms with Gasteiger partial charge in [0.05, 0.1) is 11.4 Å². The van der Waals surface area contributed by atoms with Gasteiger partial charge >= 0.3 is 0 Å². The second kappa shape index (κ2) is 5.44. The predicted octanol–water partition coefficient (Wildman–Crippen LogP) is 5.01. The van der Waals surface area contributed by atoms with Crippen molar-refractivity contribution in [1.29, 1.82) is 0 Å². The Kier molecular flexibility index (Phi) is 3.48. The van der Waals surface area contributed by atoms with Crippen LogP contribution >= 0.6 is 0 Å². The molecule has 0 aliphatic heterocycles. The van der Waals surface area contributed by atoms with E-state index in [1.54, 1.807) is 12.1 Å². The van der Waals surface area contributed by atoms with Crippen LogP contribution in [0, 0.1) is 5.82 Å². The van der Waals surface area contributed by atoms with Gasteiger partial charge in [0.15, 0.2) is 5.82 Å². The number of aromatic nitrogens is 2. The van der Waals surface area contributed by atoms with Crippen LogP contribution in [-0.4, -0.2) is 9.38 Å². The summed E-state index contributed by atoms with van der Waals surface area (Å²) in [4.78, 5) is 4.59. The largest absolute Gasteiger partial charge is 0.283 e. The lowest BCUT2D eigenvalue weighted by Gasteiger charge is -2.01. The normalized spacial score (nSPS) is 11.8. The van der Waals surface area contributed by atoms with Gasteiger partial charge in [-0.3, -0.25) is 4.40 Å². The van der Waals surface area contributed by atoms with Crippen molar-refractivity contribution in [3.8, 4) is 0 Å². The zero-order valence-electron chi connectivity index (χ0n) is 11.9. The van der Waals surface area contributed by atoms with Crippen LogP contribution in [0.3, 0.4) is 0 Å². The Morgan fingerprint density at radius 3 is 2.52 bits per heavy atom. The van der Waals surface area contributed by atoms with E-state index in [4.69, 9.17) is 0 Å². The van der Waals surface area contributed by atoms with Crippen LogP contribution in [-0.2, 0) is 0 Å². The Morgan fingerprint density at radius 1 is 1.05 bits per heavy atom. The zero-order valence-corrected chi connectivity index (χ0v) is 11.9. The fraction of sp³-hybridized carbons (Fsp3) is 0.188. The maximum atomic E-state index is 12.9. The first-order valence-corrected chi connectivity index (χ1v) is 6.79. The molecule has 3 rings (SSSR count). The molecule has 2 aromatic heterocycles. The summed E-state index contributed by atoms with van der Waals surface area (Å²) in [7, 11) is 0. The van der Waals surface area contributed by atoms with Crippen molar-refractivity contribution < 1.29 is 4.39 Å². The second-order valence-corrected chi connectivity index (χ2v) is 5.08. The molecule has 0 aliphatic rings. The number of hydrogen-bond donors (Lipinski definition) is 0. The van der Waals surface area contributed by atoms with E-state index < -0.39 is 0 Å². The molecule has 0 spiro atoms.